The lowest BCUT2D eigenvalue weighted by atomic mass is 9.85. The minimum absolute atomic E-state index is 0.00624. The molecule has 0 unspecified atom stereocenters. The molecular weight excluding hydrogens is 440 g/mol. The highest BCUT2D eigenvalue weighted by molar-refractivity contribution is 5.99. The second kappa shape index (κ2) is 10.8. The summed E-state index contributed by atoms with van der Waals surface area (Å²) in [5.74, 6) is -0.873. The smallest absolute Gasteiger partial charge is 0.340 e. The van der Waals surface area contributed by atoms with Crippen LogP contribution in [0.25, 0.3) is 11.1 Å². The Hall–Kier alpha value is -3.51. The Labute approximate surface area is 207 Å². The van der Waals surface area contributed by atoms with Crippen LogP contribution in [0.1, 0.15) is 69.6 Å². The van der Waals surface area contributed by atoms with Crippen LogP contribution in [-0.2, 0) is 29.0 Å². The van der Waals surface area contributed by atoms with Crippen molar-refractivity contribution < 1.29 is 19.1 Å². The van der Waals surface area contributed by atoms with Crippen molar-refractivity contribution in [1.29, 1.82) is 0 Å². The maximum atomic E-state index is 13.4. The van der Waals surface area contributed by atoms with Crippen LogP contribution >= 0.6 is 0 Å². The Morgan fingerprint density at radius 2 is 1.57 bits per heavy atom. The molecule has 0 amide bonds. The van der Waals surface area contributed by atoms with Gasteiger partial charge < -0.3 is 15.2 Å². The summed E-state index contributed by atoms with van der Waals surface area (Å²) in [5.41, 5.74) is 13.1. The number of nitrogens with zero attached hydrogens (tertiary/aromatic N) is 1. The molecule has 1 aromatic heterocycles. The Morgan fingerprint density at radius 1 is 0.943 bits per heavy atom. The molecule has 6 heteroatoms. The summed E-state index contributed by atoms with van der Waals surface area (Å²) in [7, 11) is 1.34. The highest BCUT2D eigenvalue weighted by atomic mass is 16.5. The molecule has 2 N–H and O–H groups in total. The van der Waals surface area contributed by atoms with Crippen molar-refractivity contribution in [3.63, 3.8) is 0 Å². The predicted octanol–water partition coefficient (Wildman–Crippen LogP) is 5.56. The highest BCUT2D eigenvalue weighted by Crippen LogP contribution is 2.34. The molecule has 0 fully saturated rings. The fourth-order valence-corrected chi connectivity index (χ4v) is 4.03. The van der Waals surface area contributed by atoms with E-state index in [-0.39, 0.29) is 18.6 Å². The van der Waals surface area contributed by atoms with Gasteiger partial charge in [-0.05, 0) is 54.5 Å². The predicted molar refractivity (Wildman–Crippen MR) is 137 cm³/mol. The minimum atomic E-state index is -0.459. The summed E-state index contributed by atoms with van der Waals surface area (Å²) in [6, 6.07) is 14.8. The van der Waals surface area contributed by atoms with Gasteiger partial charge in [0.2, 0.25) is 0 Å². The molecule has 2 aromatic carbocycles. The van der Waals surface area contributed by atoms with E-state index < -0.39 is 11.9 Å². The fraction of sp³-hybridized carbons (Fsp3) is 0.345. The van der Waals surface area contributed by atoms with Crippen LogP contribution < -0.4 is 5.73 Å². The van der Waals surface area contributed by atoms with Crippen LogP contribution in [0.4, 0.5) is 0 Å². The number of methoxy groups -OCH3 is 1. The van der Waals surface area contributed by atoms with Crippen molar-refractivity contribution in [2.75, 3.05) is 7.11 Å². The number of carbonyl (C=O) groups is 2. The second-order valence-corrected chi connectivity index (χ2v) is 9.94. The first-order valence-electron chi connectivity index (χ1n) is 11.7. The first-order chi connectivity index (χ1) is 16.5. The topological polar surface area (TPSA) is 91.5 Å². The Morgan fingerprint density at radius 3 is 2.11 bits per heavy atom. The van der Waals surface area contributed by atoms with Gasteiger partial charge in [-0.3, -0.25) is 4.98 Å². The number of aromatic nitrogens is 1. The summed E-state index contributed by atoms with van der Waals surface area (Å²) < 4.78 is 10.4. The lowest BCUT2D eigenvalue weighted by Crippen LogP contribution is -2.19. The molecule has 184 valence electrons. The maximum Gasteiger partial charge on any atom is 0.340 e. The van der Waals surface area contributed by atoms with Gasteiger partial charge in [0, 0.05) is 17.8 Å². The standard InChI is InChI=1S/C29H34N2O4/c1-18-7-11-21(12-8-18)26-23(16-30)24(15-29(3,4)5)31-19(2)25(26)28(33)35-17-20-9-13-22(14-10-20)27(32)34-6/h7-14H,15-17,30H2,1-6H3. The Balaban J connectivity index is 2.01. The quantitative estimate of drug-likeness (QED) is 0.451. The third kappa shape index (κ3) is 6.34. The van der Waals surface area contributed by atoms with Crippen LogP contribution in [0.5, 0.6) is 0 Å². The lowest BCUT2D eigenvalue weighted by Gasteiger charge is -2.24. The first-order valence-corrected chi connectivity index (χ1v) is 11.7. The number of aryl methyl sites for hydroxylation is 2. The maximum absolute atomic E-state index is 13.4. The van der Waals surface area contributed by atoms with Crippen molar-refractivity contribution in [3.05, 3.63) is 87.7 Å². The number of rotatable bonds is 7. The van der Waals surface area contributed by atoms with Crippen LogP contribution in [0.15, 0.2) is 48.5 Å². The summed E-state index contributed by atoms with van der Waals surface area (Å²) in [6.07, 6.45) is 0.737. The highest BCUT2D eigenvalue weighted by Gasteiger charge is 2.26. The molecule has 0 aliphatic heterocycles. The molecule has 0 saturated carbocycles. The van der Waals surface area contributed by atoms with Gasteiger partial charge in [0.25, 0.3) is 0 Å². The number of hydrogen-bond donors (Lipinski definition) is 1. The van der Waals surface area contributed by atoms with Crippen LogP contribution in [0, 0.1) is 19.3 Å². The SMILES string of the molecule is COC(=O)c1ccc(COC(=O)c2c(C)nc(CC(C)(C)C)c(CN)c2-c2ccc(C)cc2)cc1. The van der Waals surface area contributed by atoms with E-state index in [1.165, 1.54) is 7.11 Å². The number of carbonyl (C=O) groups excluding carboxylic acids is 2. The van der Waals surface area contributed by atoms with Gasteiger partial charge in [0.1, 0.15) is 6.61 Å². The van der Waals surface area contributed by atoms with Gasteiger partial charge in [-0.1, -0.05) is 62.7 Å². The zero-order valence-electron chi connectivity index (χ0n) is 21.4. The van der Waals surface area contributed by atoms with Gasteiger partial charge in [-0.25, -0.2) is 9.59 Å². The van der Waals surface area contributed by atoms with Crippen molar-refractivity contribution in [2.24, 2.45) is 11.1 Å². The number of benzene rings is 2. The molecule has 0 saturated heterocycles. The lowest BCUT2D eigenvalue weighted by molar-refractivity contribution is 0.0470. The van der Waals surface area contributed by atoms with Crippen molar-refractivity contribution >= 4 is 11.9 Å². The Kier molecular flexibility index (Phi) is 8.07. The monoisotopic (exact) mass is 474 g/mol. The number of ether oxygens (including phenoxy) is 2. The van der Waals surface area contributed by atoms with E-state index in [2.05, 4.69) is 20.8 Å². The van der Waals surface area contributed by atoms with E-state index >= 15 is 0 Å². The van der Waals surface area contributed by atoms with E-state index in [0.717, 1.165) is 39.9 Å². The van der Waals surface area contributed by atoms with Crippen LogP contribution in [0.2, 0.25) is 0 Å². The number of hydrogen-bond acceptors (Lipinski definition) is 6. The van der Waals surface area contributed by atoms with Crippen LogP contribution in [0.3, 0.4) is 0 Å². The average Bonchev–Trinajstić information content (AvgIpc) is 2.81. The van der Waals surface area contributed by atoms with E-state index in [1.54, 1.807) is 24.3 Å². The molecule has 0 radical (unpaired) electrons. The second-order valence-electron chi connectivity index (χ2n) is 9.94. The van der Waals surface area contributed by atoms with Crippen molar-refractivity contribution in [2.45, 2.75) is 54.2 Å². The molecule has 6 nitrogen and oxygen atoms in total. The van der Waals surface area contributed by atoms with E-state index in [9.17, 15) is 9.59 Å². The fourth-order valence-electron chi connectivity index (χ4n) is 4.03. The van der Waals surface area contributed by atoms with Crippen LogP contribution in [-0.4, -0.2) is 24.0 Å². The molecule has 0 bridgehead atoms. The van der Waals surface area contributed by atoms with Gasteiger partial charge in [-0.2, -0.15) is 0 Å². The molecule has 3 aromatic rings. The third-order valence-corrected chi connectivity index (χ3v) is 5.76. The number of pyridine rings is 1. The van der Waals surface area contributed by atoms with Crippen molar-refractivity contribution in [1.82, 2.24) is 4.98 Å². The normalized spacial score (nSPS) is 11.3. The summed E-state index contributed by atoms with van der Waals surface area (Å²) >= 11 is 0. The molecule has 0 spiro atoms. The minimum Gasteiger partial charge on any atom is -0.465 e. The third-order valence-electron chi connectivity index (χ3n) is 5.76. The van der Waals surface area contributed by atoms with Gasteiger partial charge in [0.15, 0.2) is 0 Å². The molecule has 1 heterocycles. The first kappa shape index (κ1) is 26.1. The van der Waals surface area contributed by atoms with E-state index in [1.807, 2.05) is 38.1 Å². The zero-order chi connectivity index (χ0) is 25.8. The zero-order valence-corrected chi connectivity index (χ0v) is 21.4. The molecule has 0 aliphatic rings. The molecule has 0 atom stereocenters. The Bertz CT molecular complexity index is 1210. The van der Waals surface area contributed by atoms with Crippen molar-refractivity contribution in [3.8, 4) is 11.1 Å². The summed E-state index contributed by atoms with van der Waals surface area (Å²) in [4.78, 5) is 29.9. The average molecular weight is 475 g/mol. The van der Waals surface area contributed by atoms with Gasteiger partial charge in [0.05, 0.1) is 23.9 Å². The van der Waals surface area contributed by atoms with E-state index in [0.29, 0.717) is 16.8 Å². The number of esters is 2. The summed E-state index contributed by atoms with van der Waals surface area (Å²) in [6.45, 7) is 10.7. The molecular formula is C29H34N2O4. The molecule has 35 heavy (non-hydrogen) atoms. The largest absolute Gasteiger partial charge is 0.465 e. The summed E-state index contributed by atoms with van der Waals surface area (Å²) in [5, 5.41) is 0. The number of nitrogens with two attached hydrogens (primary N) is 1. The van der Waals surface area contributed by atoms with E-state index in [4.69, 9.17) is 20.2 Å². The molecule has 3 rings (SSSR count). The van der Waals surface area contributed by atoms with Gasteiger partial charge >= 0.3 is 11.9 Å². The van der Waals surface area contributed by atoms with Gasteiger partial charge in [-0.15, -0.1) is 0 Å². The molecule has 0 aliphatic carbocycles.